The van der Waals surface area contributed by atoms with Crippen LogP contribution in [0.15, 0.2) is 24.4 Å². The molecule has 2 saturated carbocycles. The Bertz CT molecular complexity index is 1390. The summed E-state index contributed by atoms with van der Waals surface area (Å²) in [5.41, 5.74) is 9.07. The van der Waals surface area contributed by atoms with E-state index in [9.17, 15) is 22.8 Å². The van der Waals surface area contributed by atoms with Gasteiger partial charge in [-0.2, -0.15) is 13.2 Å². The third-order valence-electron chi connectivity index (χ3n) is 6.92. The maximum atomic E-state index is 13.8. The average Bonchev–Trinajstić information content (AvgIpc) is 3.69. The second-order valence-electron chi connectivity index (χ2n) is 9.67. The number of aromatic nitrogens is 3. The number of fused-ring (bicyclic) bond motifs is 2. The highest BCUT2D eigenvalue weighted by Crippen LogP contribution is 2.46. The Morgan fingerprint density at radius 3 is 2.63 bits per heavy atom. The lowest BCUT2D eigenvalue weighted by atomic mass is 9.98. The van der Waals surface area contributed by atoms with Crippen LogP contribution in [0.2, 0.25) is 0 Å². The first-order chi connectivity index (χ1) is 16.6. The number of benzene rings is 1. The van der Waals surface area contributed by atoms with E-state index >= 15 is 0 Å². The number of nitrogen functional groups attached to an aromatic ring is 1. The normalized spacial score (nSPS) is 18.7. The topological polar surface area (TPSA) is 106 Å². The van der Waals surface area contributed by atoms with E-state index in [-0.39, 0.29) is 29.9 Å². The standard InChI is InChI=1S/C24H23F3N6O2/c1-11-8-13(9-14-10-32(23(35)17(11)14)19(12-2-3-12)24(25,26)27)16-6-7-33-21(30-16)18(20(28)31-33)22(34)29-15-4-5-15/h6-9,12,15,19H,2-5,10H2,1H3,(H2,28,31)(H,29,34)/t19-/m0/s1. The number of amides is 2. The maximum Gasteiger partial charge on any atom is 0.409 e. The summed E-state index contributed by atoms with van der Waals surface area (Å²) < 4.78 is 42.8. The molecule has 2 amide bonds. The summed E-state index contributed by atoms with van der Waals surface area (Å²) in [5.74, 6) is -1.39. The van der Waals surface area contributed by atoms with Crippen LogP contribution in [0.5, 0.6) is 0 Å². The van der Waals surface area contributed by atoms with Gasteiger partial charge in [-0.3, -0.25) is 9.59 Å². The largest absolute Gasteiger partial charge is 0.409 e. The van der Waals surface area contributed by atoms with Crippen molar-refractivity contribution >= 4 is 23.3 Å². The highest BCUT2D eigenvalue weighted by molar-refractivity contribution is 6.04. The van der Waals surface area contributed by atoms with Crippen molar-refractivity contribution in [3.05, 3.63) is 46.6 Å². The molecule has 2 aliphatic carbocycles. The lowest BCUT2D eigenvalue weighted by Gasteiger charge is -2.29. The molecule has 0 bridgehead atoms. The SMILES string of the molecule is Cc1cc(-c2ccn3nc(N)c(C(=O)NC4CC4)c3n2)cc2c1C(=O)N([C@@H](C1CC1)C(F)(F)F)C2. The molecule has 0 saturated heterocycles. The lowest BCUT2D eigenvalue weighted by Crippen LogP contribution is -2.47. The Labute approximate surface area is 198 Å². The molecule has 35 heavy (non-hydrogen) atoms. The molecular formula is C24H23F3N6O2. The molecule has 1 aromatic carbocycles. The summed E-state index contributed by atoms with van der Waals surface area (Å²) in [4.78, 5) is 31.3. The molecule has 11 heteroatoms. The molecule has 1 aliphatic heterocycles. The zero-order chi connectivity index (χ0) is 24.6. The van der Waals surface area contributed by atoms with Crippen molar-refractivity contribution in [2.24, 2.45) is 5.92 Å². The molecule has 0 spiro atoms. The van der Waals surface area contributed by atoms with Crippen LogP contribution < -0.4 is 11.1 Å². The van der Waals surface area contributed by atoms with Gasteiger partial charge < -0.3 is 16.0 Å². The first-order valence-corrected chi connectivity index (χ1v) is 11.6. The second-order valence-corrected chi connectivity index (χ2v) is 9.67. The van der Waals surface area contributed by atoms with E-state index in [0.717, 1.165) is 17.7 Å². The van der Waals surface area contributed by atoms with Crippen molar-refractivity contribution in [3.8, 4) is 11.3 Å². The predicted molar refractivity (Wildman–Crippen MR) is 121 cm³/mol. The summed E-state index contributed by atoms with van der Waals surface area (Å²) in [6.07, 6.45) is -0.0449. The van der Waals surface area contributed by atoms with Crippen LogP contribution in [0.4, 0.5) is 19.0 Å². The molecule has 2 fully saturated rings. The van der Waals surface area contributed by atoms with Crippen LogP contribution in [0.1, 0.15) is 57.5 Å². The number of carbonyl (C=O) groups excluding carboxylic acids is 2. The zero-order valence-corrected chi connectivity index (χ0v) is 18.9. The first-order valence-electron chi connectivity index (χ1n) is 11.6. The second kappa shape index (κ2) is 7.43. The van der Waals surface area contributed by atoms with E-state index in [1.807, 2.05) is 0 Å². The molecule has 1 atom stereocenters. The molecule has 3 aliphatic rings. The fourth-order valence-electron chi connectivity index (χ4n) is 4.98. The fourth-order valence-corrected chi connectivity index (χ4v) is 4.98. The van der Waals surface area contributed by atoms with Gasteiger partial charge in [-0.25, -0.2) is 9.50 Å². The van der Waals surface area contributed by atoms with Crippen molar-refractivity contribution in [1.82, 2.24) is 24.8 Å². The average molecular weight is 484 g/mol. The number of carbonyl (C=O) groups is 2. The predicted octanol–water partition coefficient (Wildman–Crippen LogP) is 3.48. The molecule has 3 N–H and O–H groups in total. The number of nitrogens with two attached hydrogens (primary N) is 1. The third kappa shape index (κ3) is 3.69. The molecule has 182 valence electrons. The van der Waals surface area contributed by atoms with Gasteiger partial charge in [0.2, 0.25) is 0 Å². The minimum Gasteiger partial charge on any atom is -0.381 e. The minimum atomic E-state index is -4.47. The van der Waals surface area contributed by atoms with Crippen LogP contribution in [-0.4, -0.2) is 49.6 Å². The van der Waals surface area contributed by atoms with E-state index in [4.69, 9.17) is 5.73 Å². The molecule has 0 unspecified atom stereocenters. The summed E-state index contributed by atoms with van der Waals surface area (Å²) in [6.45, 7) is 1.62. The van der Waals surface area contributed by atoms with E-state index in [1.54, 1.807) is 31.3 Å². The molecule has 6 rings (SSSR count). The lowest BCUT2D eigenvalue weighted by molar-refractivity contribution is -0.182. The maximum absolute atomic E-state index is 13.8. The molecule has 8 nitrogen and oxygen atoms in total. The van der Waals surface area contributed by atoms with Crippen molar-refractivity contribution in [2.45, 2.75) is 57.4 Å². The highest BCUT2D eigenvalue weighted by atomic mass is 19.4. The number of nitrogens with zero attached hydrogens (tertiary/aromatic N) is 4. The van der Waals surface area contributed by atoms with Crippen LogP contribution >= 0.6 is 0 Å². The Hall–Kier alpha value is -3.63. The Kier molecular flexibility index (Phi) is 4.64. The number of anilines is 1. The molecule has 3 aromatic rings. The van der Waals surface area contributed by atoms with Gasteiger partial charge in [0, 0.05) is 29.9 Å². The van der Waals surface area contributed by atoms with Crippen LogP contribution in [0.25, 0.3) is 16.9 Å². The van der Waals surface area contributed by atoms with Crippen molar-refractivity contribution in [3.63, 3.8) is 0 Å². The molecule has 2 aromatic heterocycles. The van der Waals surface area contributed by atoms with Gasteiger partial charge >= 0.3 is 6.18 Å². The summed E-state index contributed by atoms with van der Waals surface area (Å²) in [5, 5.41) is 7.06. The summed E-state index contributed by atoms with van der Waals surface area (Å²) in [6, 6.07) is 3.52. The number of nitrogens with one attached hydrogen (secondary N) is 1. The van der Waals surface area contributed by atoms with E-state index in [0.29, 0.717) is 46.4 Å². The quantitative estimate of drug-likeness (QED) is 0.577. The van der Waals surface area contributed by atoms with Crippen LogP contribution in [-0.2, 0) is 6.54 Å². The highest BCUT2D eigenvalue weighted by Gasteiger charge is 2.55. The van der Waals surface area contributed by atoms with Crippen molar-refractivity contribution < 1.29 is 22.8 Å². The monoisotopic (exact) mass is 484 g/mol. The Balaban J connectivity index is 1.37. The number of rotatable bonds is 5. The Morgan fingerprint density at radius 1 is 1.23 bits per heavy atom. The van der Waals surface area contributed by atoms with Gasteiger partial charge in [0.05, 0.1) is 5.69 Å². The number of aryl methyl sites for hydroxylation is 1. The zero-order valence-electron chi connectivity index (χ0n) is 18.9. The minimum absolute atomic E-state index is 0.0671. The fraction of sp³-hybridized carbons (Fsp3) is 0.417. The summed E-state index contributed by atoms with van der Waals surface area (Å²) in [7, 11) is 0. The van der Waals surface area contributed by atoms with Crippen LogP contribution in [0, 0.1) is 12.8 Å². The van der Waals surface area contributed by atoms with E-state index in [1.165, 1.54) is 4.52 Å². The van der Waals surface area contributed by atoms with Crippen molar-refractivity contribution in [1.29, 1.82) is 0 Å². The van der Waals surface area contributed by atoms with Gasteiger partial charge in [0.25, 0.3) is 11.8 Å². The molecular weight excluding hydrogens is 461 g/mol. The van der Waals surface area contributed by atoms with E-state index < -0.39 is 24.0 Å². The Morgan fingerprint density at radius 2 is 1.97 bits per heavy atom. The number of hydrogen-bond donors (Lipinski definition) is 2. The molecule has 0 radical (unpaired) electrons. The third-order valence-corrected chi connectivity index (χ3v) is 6.92. The van der Waals surface area contributed by atoms with Gasteiger partial charge in [-0.05, 0) is 67.9 Å². The van der Waals surface area contributed by atoms with Gasteiger partial charge in [0.1, 0.15) is 11.6 Å². The van der Waals surface area contributed by atoms with E-state index in [2.05, 4.69) is 15.4 Å². The van der Waals surface area contributed by atoms with Crippen LogP contribution in [0.3, 0.4) is 0 Å². The first kappa shape index (κ1) is 21.9. The summed E-state index contributed by atoms with van der Waals surface area (Å²) >= 11 is 0. The van der Waals surface area contributed by atoms with Gasteiger partial charge in [0.15, 0.2) is 11.5 Å². The number of halogens is 3. The smallest absolute Gasteiger partial charge is 0.381 e. The number of alkyl halides is 3. The molecule has 3 heterocycles. The van der Waals surface area contributed by atoms with Gasteiger partial charge in [-0.15, -0.1) is 5.10 Å². The van der Waals surface area contributed by atoms with Crippen molar-refractivity contribution in [2.75, 3.05) is 5.73 Å². The number of hydrogen-bond acceptors (Lipinski definition) is 5. The van der Waals surface area contributed by atoms with Gasteiger partial charge in [-0.1, -0.05) is 0 Å².